The molecule has 4 heteroatoms. The Hall–Kier alpha value is -0.950. The molecule has 0 unspecified atom stereocenters. The molecule has 1 aromatic heterocycles. The molecule has 0 radical (unpaired) electrons. The lowest BCUT2D eigenvalue weighted by atomic mass is 10.1. The van der Waals surface area contributed by atoms with Gasteiger partial charge in [-0.15, -0.1) is 0 Å². The molecule has 1 aromatic rings. The minimum atomic E-state index is 0.601. The van der Waals surface area contributed by atoms with Crippen LogP contribution >= 0.6 is 12.6 Å². The molecule has 0 amide bonds. The van der Waals surface area contributed by atoms with Gasteiger partial charge in [-0.3, -0.25) is 0 Å². The van der Waals surface area contributed by atoms with Crippen LogP contribution in [0, 0.1) is 11.3 Å². The van der Waals surface area contributed by atoms with Gasteiger partial charge < -0.3 is 4.57 Å². The lowest BCUT2D eigenvalue weighted by Gasteiger charge is -2.15. The standard InChI is InChI=1S/C9H11N3S/c10-5-7-8-3-1-2-4-12(8)9(6-13)11-7/h13H,1-4,6H2. The number of thiol groups is 1. The molecule has 0 spiro atoms. The minimum Gasteiger partial charge on any atom is -0.330 e. The summed E-state index contributed by atoms with van der Waals surface area (Å²) < 4.78 is 2.15. The highest BCUT2D eigenvalue weighted by molar-refractivity contribution is 7.79. The molecule has 0 saturated heterocycles. The molecule has 0 saturated carbocycles. The van der Waals surface area contributed by atoms with Crippen molar-refractivity contribution in [3.05, 3.63) is 17.2 Å². The largest absolute Gasteiger partial charge is 0.330 e. The van der Waals surface area contributed by atoms with Crippen molar-refractivity contribution < 1.29 is 0 Å². The molecular formula is C9H11N3S. The number of imidazole rings is 1. The highest BCUT2D eigenvalue weighted by Gasteiger charge is 2.18. The van der Waals surface area contributed by atoms with E-state index in [1.807, 2.05) is 0 Å². The maximum Gasteiger partial charge on any atom is 0.162 e. The van der Waals surface area contributed by atoms with Crippen LogP contribution in [0.2, 0.25) is 0 Å². The molecule has 0 aliphatic carbocycles. The van der Waals surface area contributed by atoms with Crippen molar-refractivity contribution in [3.8, 4) is 6.07 Å². The van der Waals surface area contributed by atoms with Crippen molar-refractivity contribution in [2.24, 2.45) is 0 Å². The lowest BCUT2D eigenvalue weighted by Crippen LogP contribution is -2.12. The van der Waals surface area contributed by atoms with Crippen LogP contribution in [0.1, 0.15) is 30.1 Å². The Morgan fingerprint density at radius 2 is 2.38 bits per heavy atom. The van der Waals surface area contributed by atoms with E-state index >= 15 is 0 Å². The minimum absolute atomic E-state index is 0.601. The van der Waals surface area contributed by atoms with Crippen molar-refractivity contribution in [2.75, 3.05) is 0 Å². The molecule has 2 heterocycles. The zero-order valence-electron chi connectivity index (χ0n) is 7.32. The fourth-order valence-corrected chi connectivity index (χ4v) is 2.07. The Kier molecular flexibility index (Phi) is 2.28. The maximum atomic E-state index is 8.85. The predicted molar refractivity (Wildman–Crippen MR) is 52.6 cm³/mol. The Bertz CT molecular complexity index is 362. The van der Waals surface area contributed by atoms with Gasteiger partial charge in [0.15, 0.2) is 5.69 Å². The molecule has 1 aliphatic rings. The van der Waals surface area contributed by atoms with Gasteiger partial charge in [-0.2, -0.15) is 17.9 Å². The SMILES string of the molecule is N#Cc1nc(CS)n2c1CCCC2. The average Bonchev–Trinajstić information content (AvgIpc) is 2.56. The molecule has 68 valence electrons. The van der Waals surface area contributed by atoms with Gasteiger partial charge in [0.05, 0.1) is 5.69 Å². The van der Waals surface area contributed by atoms with Crippen molar-refractivity contribution in [3.63, 3.8) is 0 Å². The van der Waals surface area contributed by atoms with Gasteiger partial charge in [0.25, 0.3) is 0 Å². The fourth-order valence-electron chi connectivity index (χ4n) is 1.83. The first-order valence-electron chi connectivity index (χ1n) is 4.46. The van der Waals surface area contributed by atoms with Crippen LogP contribution in [-0.2, 0) is 18.7 Å². The third-order valence-corrected chi connectivity index (χ3v) is 2.73. The second-order valence-electron chi connectivity index (χ2n) is 3.20. The van der Waals surface area contributed by atoms with Crippen molar-refractivity contribution >= 4 is 12.6 Å². The molecule has 13 heavy (non-hydrogen) atoms. The zero-order chi connectivity index (χ0) is 9.26. The number of nitriles is 1. The molecule has 0 fully saturated rings. The van der Waals surface area contributed by atoms with E-state index in [0.29, 0.717) is 11.4 Å². The smallest absolute Gasteiger partial charge is 0.162 e. The monoisotopic (exact) mass is 193 g/mol. The number of fused-ring (bicyclic) bond motifs is 1. The second kappa shape index (κ2) is 3.43. The molecule has 0 aromatic carbocycles. The summed E-state index contributed by atoms with van der Waals surface area (Å²) in [4.78, 5) is 4.25. The average molecular weight is 193 g/mol. The van der Waals surface area contributed by atoms with Crippen molar-refractivity contribution in [2.45, 2.75) is 31.6 Å². The van der Waals surface area contributed by atoms with Crippen LogP contribution in [-0.4, -0.2) is 9.55 Å². The van der Waals surface area contributed by atoms with Crippen LogP contribution in [0.25, 0.3) is 0 Å². The third-order valence-electron chi connectivity index (χ3n) is 2.44. The second-order valence-corrected chi connectivity index (χ2v) is 3.52. The summed E-state index contributed by atoms with van der Waals surface area (Å²) in [5.74, 6) is 1.56. The first kappa shape index (κ1) is 8.64. The van der Waals surface area contributed by atoms with Gasteiger partial charge in [0.1, 0.15) is 11.9 Å². The summed E-state index contributed by atoms with van der Waals surface area (Å²) in [5, 5.41) is 8.85. The first-order valence-corrected chi connectivity index (χ1v) is 5.09. The number of aromatic nitrogens is 2. The maximum absolute atomic E-state index is 8.85. The summed E-state index contributed by atoms with van der Waals surface area (Å²) in [6.45, 7) is 1.000. The number of hydrogen-bond acceptors (Lipinski definition) is 3. The molecule has 0 bridgehead atoms. The molecule has 1 aliphatic heterocycles. The Morgan fingerprint density at radius 1 is 1.54 bits per heavy atom. The van der Waals surface area contributed by atoms with E-state index in [4.69, 9.17) is 5.26 Å². The highest BCUT2D eigenvalue weighted by Crippen LogP contribution is 2.20. The number of rotatable bonds is 1. The van der Waals surface area contributed by atoms with Crippen molar-refractivity contribution in [1.29, 1.82) is 5.26 Å². The van der Waals surface area contributed by atoms with E-state index in [1.54, 1.807) is 0 Å². The van der Waals surface area contributed by atoms with E-state index in [0.717, 1.165) is 24.5 Å². The van der Waals surface area contributed by atoms with Gasteiger partial charge in [0, 0.05) is 12.3 Å². The van der Waals surface area contributed by atoms with Gasteiger partial charge in [-0.05, 0) is 19.3 Å². The van der Waals surface area contributed by atoms with E-state index in [9.17, 15) is 0 Å². The Labute approximate surface area is 82.8 Å². The van der Waals surface area contributed by atoms with E-state index in [-0.39, 0.29) is 0 Å². The first-order chi connectivity index (χ1) is 6.36. The quantitative estimate of drug-likeness (QED) is 0.687. The van der Waals surface area contributed by atoms with E-state index in [2.05, 4.69) is 28.2 Å². The normalized spacial score (nSPS) is 15.1. The van der Waals surface area contributed by atoms with Gasteiger partial charge in [-0.1, -0.05) is 0 Å². The molecule has 3 nitrogen and oxygen atoms in total. The summed E-state index contributed by atoms with van der Waals surface area (Å²) >= 11 is 4.20. The highest BCUT2D eigenvalue weighted by atomic mass is 32.1. The summed E-state index contributed by atoms with van der Waals surface area (Å²) in [7, 11) is 0. The van der Waals surface area contributed by atoms with Crippen LogP contribution < -0.4 is 0 Å². The fraction of sp³-hybridized carbons (Fsp3) is 0.556. The lowest BCUT2D eigenvalue weighted by molar-refractivity contribution is 0.520. The number of nitrogens with zero attached hydrogens (tertiary/aromatic N) is 3. The van der Waals surface area contributed by atoms with Crippen molar-refractivity contribution in [1.82, 2.24) is 9.55 Å². The molecular weight excluding hydrogens is 182 g/mol. The molecule has 0 atom stereocenters. The van der Waals surface area contributed by atoms with Gasteiger partial charge in [-0.25, -0.2) is 4.98 Å². The third kappa shape index (κ3) is 1.33. The summed E-state index contributed by atoms with van der Waals surface area (Å²) in [6.07, 6.45) is 3.35. The zero-order valence-corrected chi connectivity index (χ0v) is 8.22. The van der Waals surface area contributed by atoms with E-state index < -0.39 is 0 Å². The van der Waals surface area contributed by atoms with E-state index in [1.165, 1.54) is 12.8 Å². The Morgan fingerprint density at radius 3 is 3.08 bits per heavy atom. The van der Waals surface area contributed by atoms with Gasteiger partial charge >= 0.3 is 0 Å². The predicted octanol–water partition coefficient (Wildman–Crippen LogP) is 1.52. The summed E-state index contributed by atoms with van der Waals surface area (Å²) in [6, 6.07) is 2.14. The van der Waals surface area contributed by atoms with Crippen LogP contribution in [0.5, 0.6) is 0 Å². The topological polar surface area (TPSA) is 41.6 Å². The van der Waals surface area contributed by atoms with Crippen LogP contribution in [0.15, 0.2) is 0 Å². The van der Waals surface area contributed by atoms with Crippen LogP contribution in [0.3, 0.4) is 0 Å². The molecule has 2 rings (SSSR count). The molecule has 0 N–H and O–H groups in total. The van der Waals surface area contributed by atoms with Gasteiger partial charge in [0.2, 0.25) is 0 Å². The number of hydrogen-bond donors (Lipinski definition) is 1. The van der Waals surface area contributed by atoms with Crippen LogP contribution in [0.4, 0.5) is 0 Å². The summed E-state index contributed by atoms with van der Waals surface area (Å²) in [5.41, 5.74) is 1.71. The Balaban J connectivity index is 2.52.